The molecule has 0 spiro atoms. The number of carboxylic acid groups (broad SMARTS) is 1. The van der Waals surface area contributed by atoms with Crippen LogP contribution in [0.2, 0.25) is 0 Å². The number of hydrazone groups is 1. The van der Waals surface area contributed by atoms with Gasteiger partial charge in [0.15, 0.2) is 6.04 Å². The molecule has 1 heterocycles. The number of para-hydroxylation sites is 1. The van der Waals surface area contributed by atoms with Gasteiger partial charge in [-0.25, -0.2) is 4.79 Å². The SMILES string of the molecule is CCc1ccccc1N1N=C(C)C(N=Nc2ccccc2C(=O)O)C1=O. The van der Waals surface area contributed by atoms with Crippen molar-refractivity contribution in [3.05, 3.63) is 59.7 Å². The van der Waals surface area contributed by atoms with Crippen LogP contribution in [0.15, 0.2) is 63.9 Å². The molecule has 1 unspecified atom stereocenters. The summed E-state index contributed by atoms with van der Waals surface area (Å²) in [5, 5.41) is 23.0. The molecule has 2 aromatic rings. The second kappa shape index (κ2) is 7.26. The van der Waals surface area contributed by atoms with Gasteiger partial charge in [0, 0.05) is 0 Å². The minimum Gasteiger partial charge on any atom is -0.478 e. The third kappa shape index (κ3) is 3.23. The average molecular weight is 350 g/mol. The highest BCUT2D eigenvalue weighted by Crippen LogP contribution is 2.27. The zero-order valence-corrected chi connectivity index (χ0v) is 14.5. The third-order valence-corrected chi connectivity index (χ3v) is 4.11. The molecule has 0 bridgehead atoms. The van der Waals surface area contributed by atoms with Crippen LogP contribution in [0.4, 0.5) is 11.4 Å². The Morgan fingerprint density at radius 1 is 1.19 bits per heavy atom. The van der Waals surface area contributed by atoms with Crippen LogP contribution in [-0.2, 0) is 11.2 Å². The van der Waals surface area contributed by atoms with Crippen molar-refractivity contribution in [3.63, 3.8) is 0 Å². The van der Waals surface area contributed by atoms with Crippen LogP contribution in [0.1, 0.15) is 29.8 Å². The molecule has 0 aliphatic carbocycles. The van der Waals surface area contributed by atoms with Crippen molar-refractivity contribution in [3.8, 4) is 0 Å². The van der Waals surface area contributed by atoms with E-state index < -0.39 is 12.0 Å². The van der Waals surface area contributed by atoms with E-state index in [0.29, 0.717) is 5.71 Å². The Bertz CT molecular complexity index is 921. The number of carboxylic acids is 1. The molecule has 7 heteroatoms. The van der Waals surface area contributed by atoms with Gasteiger partial charge in [-0.1, -0.05) is 37.3 Å². The van der Waals surface area contributed by atoms with Gasteiger partial charge in [-0.3, -0.25) is 4.79 Å². The molecule has 1 aliphatic heterocycles. The lowest BCUT2D eigenvalue weighted by Gasteiger charge is -2.16. The van der Waals surface area contributed by atoms with E-state index in [-0.39, 0.29) is 17.2 Å². The number of azo groups is 1. The van der Waals surface area contributed by atoms with E-state index in [9.17, 15) is 14.7 Å². The molecule has 1 aliphatic rings. The number of aromatic carboxylic acids is 1. The molecule has 132 valence electrons. The summed E-state index contributed by atoms with van der Waals surface area (Å²) in [6.45, 7) is 3.72. The lowest BCUT2D eigenvalue weighted by molar-refractivity contribution is -0.117. The number of hydrogen-bond acceptors (Lipinski definition) is 5. The lowest BCUT2D eigenvalue weighted by atomic mass is 10.1. The molecule has 26 heavy (non-hydrogen) atoms. The number of rotatable bonds is 5. The number of anilines is 1. The van der Waals surface area contributed by atoms with Crippen molar-refractivity contribution in [2.75, 3.05) is 5.01 Å². The van der Waals surface area contributed by atoms with Crippen molar-refractivity contribution < 1.29 is 14.7 Å². The highest BCUT2D eigenvalue weighted by molar-refractivity contribution is 6.18. The van der Waals surface area contributed by atoms with Crippen molar-refractivity contribution in [2.24, 2.45) is 15.3 Å². The summed E-state index contributed by atoms with van der Waals surface area (Å²) in [5.74, 6) is -1.40. The van der Waals surface area contributed by atoms with Gasteiger partial charge >= 0.3 is 5.97 Å². The zero-order valence-electron chi connectivity index (χ0n) is 14.5. The van der Waals surface area contributed by atoms with E-state index >= 15 is 0 Å². The number of carbonyl (C=O) groups is 2. The zero-order chi connectivity index (χ0) is 18.7. The van der Waals surface area contributed by atoms with Crippen molar-refractivity contribution in [2.45, 2.75) is 26.3 Å². The van der Waals surface area contributed by atoms with E-state index in [1.807, 2.05) is 31.2 Å². The molecule has 1 atom stereocenters. The normalized spacial score (nSPS) is 17.0. The second-order valence-corrected chi connectivity index (χ2v) is 5.81. The Kier molecular flexibility index (Phi) is 4.88. The Hall–Kier alpha value is -3.35. The smallest absolute Gasteiger partial charge is 0.337 e. The summed E-state index contributed by atoms with van der Waals surface area (Å²) >= 11 is 0. The number of nitrogens with zero attached hydrogens (tertiary/aromatic N) is 4. The third-order valence-electron chi connectivity index (χ3n) is 4.11. The molecule has 0 saturated carbocycles. The highest BCUT2D eigenvalue weighted by atomic mass is 16.4. The molecular formula is C19H18N4O3. The number of benzene rings is 2. The Balaban J connectivity index is 1.89. The topological polar surface area (TPSA) is 94.7 Å². The van der Waals surface area contributed by atoms with Crippen LogP contribution < -0.4 is 5.01 Å². The maximum atomic E-state index is 12.8. The lowest BCUT2D eigenvalue weighted by Crippen LogP contribution is -2.30. The predicted molar refractivity (Wildman–Crippen MR) is 98.1 cm³/mol. The van der Waals surface area contributed by atoms with Crippen LogP contribution >= 0.6 is 0 Å². The summed E-state index contributed by atoms with van der Waals surface area (Å²) in [5.41, 5.74) is 2.48. The van der Waals surface area contributed by atoms with E-state index in [1.165, 1.54) is 11.1 Å². The summed E-state index contributed by atoms with van der Waals surface area (Å²) in [7, 11) is 0. The number of amides is 1. The quantitative estimate of drug-likeness (QED) is 0.830. The van der Waals surface area contributed by atoms with Crippen LogP contribution in [0.25, 0.3) is 0 Å². The molecule has 2 aromatic carbocycles. The van der Waals surface area contributed by atoms with Crippen molar-refractivity contribution in [1.29, 1.82) is 0 Å². The fraction of sp³-hybridized carbons (Fsp3) is 0.211. The first kappa shape index (κ1) is 17.5. The maximum absolute atomic E-state index is 12.8. The van der Waals surface area contributed by atoms with Gasteiger partial charge in [0.2, 0.25) is 0 Å². The molecule has 1 amide bonds. The first-order valence-electron chi connectivity index (χ1n) is 8.23. The van der Waals surface area contributed by atoms with Crippen LogP contribution in [0.5, 0.6) is 0 Å². The Labute approximate surface area is 150 Å². The van der Waals surface area contributed by atoms with Gasteiger partial charge in [0.1, 0.15) is 0 Å². The Morgan fingerprint density at radius 3 is 2.62 bits per heavy atom. The monoisotopic (exact) mass is 350 g/mol. The predicted octanol–water partition coefficient (Wildman–Crippen LogP) is 3.82. The van der Waals surface area contributed by atoms with Gasteiger partial charge in [0.05, 0.1) is 22.6 Å². The second-order valence-electron chi connectivity index (χ2n) is 5.81. The van der Waals surface area contributed by atoms with E-state index in [2.05, 4.69) is 15.3 Å². The number of carbonyl (C=O) groups excluding carboxylic acids is 1. The molecule has 0 fully saturated rings. The fourth-order valence-electron chi connectivity index (χ4n) is 2.74. The van der Waals surface area contributed by atoms with Crippen molar-refractivity contribution >= 4 is 29.0 Å². The van der Waals surface area contributed by atoms with Gasteiger partial charge in [-0.15, -0.1) is 0 Å². The summed E-state index contributed by atoms with van der Waals surface area (Å²) in [6, 6.07) is 13.0. The number of hydrogen-bond donors (Lipinski definition) is 1. The summed E-state index contributed by atoms with van der Waals surface area (Å²) < 4.78 is 0. The molecule has 1 N–H and O–H groups in total. The molecule has 0 aromatic heterocycles. The molecular weight excluding hydrogens is 332 g/mol. The first-order chi connectivity index (χ1) is 12.5. The molecule has 0 radical (unpaired) electrons. The largest absolute Gasteiger partial charge is 0.478 e. The summed E-state index contributed by atoms with van der Waals surface area (Å²) in [4.78, 5) is 24.0. The minimum absolute atomic E-state index is 0.0319. The maximum Gasteiger partial charge on any atom is 0.337 e. The standard InChI is InChI=1S/C19H18N4O3/c1-3-13-8-4-7-11-16(13)23-18(24)17(12(2)22-23)21-20-15-10-6-5-9-14(15)19(25)26/h4-11,17H,3H2,1-2H3,(H,25,26). The van der Waals surface area contributed by atoms with E-state index in [0.717, 1.165) is 17.7 Å². The molecule has 7 nitrogen and oxygen atoms in total. The van der Waals surface area contributed by atoms with Gasteiger partial charge in [0.25, 0.3) is 5.91 Å². The van der Waals surface area contributed by atoms with E-state index in [1.54, 1.807) is 25.1 Å². The number of aryl methyl sites for hydroxylation is 1. The molecule has 0 saturated heterocycles. The summed E-state index contributed by atoms with van der Waals surface area (Å²) in [6.07, 6.45) is 0.771. The average Bonchev–Trinajstić information content (AvgIpc) is 2.93. The minimum atomic E-state index is -1.10. The van der Waals surface area contributed by atoms with Gasteiger partial charge in [-0.2, -0.15) is 20.3 Å². The first-order valence-corrected chi connectivity index (χ1v) is 8.23. The highest BCUT2D eigenvalue weighted by Gasteiger charge is 2.35. The van der Waals surface area contributed by atoms with Crippen LogP contribution in [-0.4, -0.2) is 28.7 Å². The fourth-order valence-corrected chi connectivity index (χ4v) is 2.74. The van der Waals surface area contributed by atoms with Crippen LogP contribution in [0, 0.1) is 0 Å². The van der Waals surface area contributed by atoms with E-state index in [4.69, 9.17) is 0 Å². The Morgan fingerprint density at radius 2 is 1.88 bits per heavy atom. The van der Waals surface area contributed by atoms with Crippen molar-refractivity contribution in [1.82, 2.24) is 0 Å². The van der Waals surface area contributed by atoms with Gasteiger partial charge < -0.3 is 5.11 Å². The van der Waals surface area contributed by atoms with Gasteiger partial charge in [-0.05, 0) is 37.1 Å². The van der Waals surface area contributed by atoms with Crippen LogP contribution in [0.3, 0.4) is 0 Å². The molecule has 3 rings (SSSR count).